The lowest BCUT2D eigenvalue weighted by Crippen LogP contribution is -2.21. The Bertz CT molecular complexity index is 248. The minimum absolute atomic E-state index is 0.371. The summed E-state index contributed by atoms with van der Waals surface area (Å²) in [5, 5.41) is 3.46. The van der Waals surface area contributed by atoms with E-state index >= 15 is 0 Å². The molecule has 1 aromatic heterocycles. The maximum absolute atomic E-state index is 4.35. The molecule has 3 heteroatoms. The first-order valence-electron chi connectivity index (χ1n) is 5.87. The van der Waals surface area contributed by atoms with E-state index in [0.29, 0.717) is 6.04 Å². The summed E-state index contributed by atoms with van der Waals surface area (Å²) < 4.78 is 0. The highest BCUT2D eigenvalue weighted by molar-refractivity contribution is 5.01. The fraction of sp³-hybridized carbons (Fsp3) is 0.667. The van der Waals surface area contributed by atoms with Gasteiger partial charge in [-0.05, 0) is 13.0 Å². The maximum atomic E-state index is 4.35. The topological polar surface area (TPSA) is 37.8 Å². The van der Waals surface area contributed by atoms with E-state index in [2.05, 4.69) is 29.1 Å². The molecule has 15 heavy (non-hydrogen) atoms. The summed E-state index contributed by atoms with van der Waals surface area (Å²) in [6.45, 7) is 5.33. The summed E-state index contributed by atoms with van der Waals surface area (Å²) in [6.07, 6.45) is 10.3. The predicted octanol–water partition coefficient (Wildman–Crippen LogP) is 2.71. The summed E-state index contributed by atoms with van der Waals surface area (Å²) in [6, 6.07) is 0.371. The van der Waals surface area contributed by atoms with Crippen molar-refractivity contribution < 1.29 is 0 Å². The van der Waals surface area contributed by atoms with Crippen LogP contribution in [0.2, 0.25) is 0 Å². The van der Waals surface area contributed by atoms with Crippen molar-refractivity contribution in [1.29, 1.82) is 0 Å². The minimum atomic E-state index is 0.371. The van der Waals surface area contributed by atoms with Gasteiger partial charge in [-0.2, -0.15) is 0 Å². The Morgan fingerprint density at radius 3 is 2.73 bits per heavy atom. The zero-order valence-corrected chi connectivity index (χ0v) is 9.74. The molecule has 1 rings (SSSR count). The number of rotatable bonds is 7. The maximum Gasteiger partial charge on any atom is 0.0756 e. The molecule has 0 aromatic carbocycles. The first-order chi connectivity index (χ1) is 7.38. The predicted molar refractivity (Wildman–Crippen MR) is 62.6 cm³/mol. The highest BCUT2D eigenvalue weighted by Gasteiger charge is 2.10. The molecule has 0 radical (unpaired) electrons. The molecule has 0 saturated heterocycles. The molecule has 3 nitrogen and oxygen atoms in total. The molecule has 0 amide bonds. The number of aromatic nitrogens is 2. The molecular formula is C12H21N3. The highest BCUT2D eigenvalue weighted by Crippen LogP contribution is 2.16. The number of nitrogens with one attached hydrogen (secondary N) is 1. The first-order valence-corrected chi connectivity index (χ1v) is 5.87. The van der Waals surface area contributed by atoms with Crippen LogP contribution in [-0.4, -0.2) is 16.5 Å². The largest absolute Gasteiger partial charge is 0.309 e. The quantitative estimate of drug-likeness (QED) is 0.699. The molecule has 0 aliphatic heterocycles. The average molecular weight is 207 g/mol. The van der Waals surface area contributed by atoms with Crippen LogP contribution in [0, 0.1) is 0 Å². The van der Waals surface area contributed by atoms with E-state index in [0.717, 1.165) is 18.7 Å². The van der Waals surface area contributed by atoms with Crippen molar-refractivity contribution in [2.75, 3.05) is 6.54 Å². The monoisotopic (exact) mass is 207 g/mol. The van der Waals surface area contributed by atoms with E-state index in [1.807, 2.05) is 6.20 Å². The van der Waals surface area contributed by atoms with Crippen LogP contribution in [0.25, 0.3) is 0 Å². The van der Waals surface area contributed by atoms with Crippen molar-refractivity contribution in [2.45, 2.75) is 45.6 Å². The van der Waals surface area contributed by atoms with Crippen molar-refractivity contribution in [3.05, 3.63) is 24.3 Å². The SMILES string of the molecule is CCCCCC(NCC)c1cnccn1. The van der Waals surface area contributed by atoms with Crippen molar-refractivity contribution in [3.8, 4) is 0 Å². The average Bonchev–Trinajstić information content (AvgIpc) is 2.29. The Labute approximate surface area is 92.3 Å². The standard InChI is InChI=1S/C12H21N3/c1-3-5-6-7-11(14-4-2)12-10-13-8-9-15-12/h8-11,14H,3-7H2,1-2H3. The van der Waals surface area contributed by atoms with Gasteiger partial charge in [0, 0.05) is 18.6 Å². The molecule has 84 valence electrons. The number of unbranched alkanes of at least 4 members (excludes halogenated alkanes) is 2. The van der Waals surface area contributed by atoms with E-state index in [4.69, 9.17) is 0 Å². The molecule has 0 bridgehead atoms. The van der Waals surface area contributed by atoms with Crippen LogP contribution >= 0.6 is 0 Å². The van der Waals surface area contributed by atoms with Crippen molar-refractivity contribution in [2.24, 2.45) is 0 Å². The fourth-order valence-corrected chi connectivity index (χ4v) is 1.69. The van der Waals surface area contributed by atoms with Crippen LogP contribution in [0.5, 0.6) is 0 Å². The lowest BCUT2D eigenvalue weighted by Gasteiger charge is -2.16. The highest BCUT2D eigenvalue weighted by atomic mass is 14.9. The van der Waals surface area contributed by atoms with E-state index in [1.165, 1.54) is 19.3 Å². The van der Waals surface area contributed by atoms with E-state index in [1.54, 1.807) is 12.4 Å². The molecule has 0 spiro atoms. The molecule has 1 N–H and O–H groups in total. The summed E-state index contributed by atoms with van der Waals surface area (Å²) in [4.78, 5) is 8.46. The second-order valence-corrected chi connectivity index (χ2v) is 3.74. The first kappa shape index (κ1) is 12.1. The van der Waals surface area contributed by atoms with Gasteiger partial charge in [-0.15, -0.1) is 0 Å². The molecule has 0 fully saturated rings. The Morgan fingerprint density at radius 2 is 2.13 bits per heavy atom. The van der Waals surface area contributed by atoms with Crippen molar-refractivity contribution in [3.63, 3.8) is 0 Å². The van der Waals surface area contributed by atoms with E-state index in [-0.39, 0.29) is 0 Å². The third-order valence-electron chi connectivity index (χ3n) is 2.49. The zero-order chi connectivity index (χ0) is 10.9. The summed E-state index contributed by atoms with van der Waals surface area (Å²) in [7, 11) is 0. The second-order valence-electron chi connectivity index (χ2n) is 3.74. The lowest BCUT2D eigenvalue weighted by molar-refractivity contribution is 0.475. The van der Waals surface area contributed by atoms with Crippen LogP contribution < -0.4 is 5.32 Å². The molecule has 1 aromatic rings. The third kappa shape index (κ3) is 4.38. The fourth-order valence-electron chi connectivity index (χ4n) is 1.69. The zero-order valence-electron chi connectivity index (χ0n) is 9.74. The Kier molecular flexibility index (Phi) is 5.93. The van der Waals surface area contributed by atoms with Crippen LogP contribution in [-0.2, 0) is 0 Å². The van der Waals surface area contributed by atoms with Gasteiger partial charge in [0.25, 0.3) is 0 Å². The number of hydrogen-bond donors (Lipinski definition) is 1. The normalized spacial score (nSPS) is 12.7. The minimum Gasteiger partial charge on any atom is -0.309 e. The molecular weight excluding hydrogens is 186 g/mol. The Balaban J connectivity index is 2.50. The Hall–Kier alpha value is -0.960. The lowest BCUT2D eigenvalue weighted by atomic mass is 10.1. The summed E-state index contributed by atoms with van der Waals surface area (Å²) >= 11 is 0. The van der Waals surface area contributed by atoms with E-state index < -0.39 is 0 Å². The molecule has 0 aliphatic rings. The van der Waals surface area contributed by atoms with Gasteiger partial charge >= 0.3 is 0 Å². The molecule has 1 atom stereocenters. The molecule has 1 unspecified atom stereocenters. The van der Waals surface area contributed by atoms with Crippen LogP contribution in [0.3, 0.4) is 0 Å². The van der Waals surface area contributed by atoms with Gasteiger partial charge in [-0.3, -0.25) is 9.97 Å². The van der Waals surface area contributed by atoms with Crippen LogP contribution in [0.4, 0.5) is 0 Å². The third-order valence-corrected chi connectivity index (χ3v) is 2.49. The van der Waals surface area contributed by atoms with Gasteiger partial charge in [0.15, 0.2) is 0 Å². The van der Waals surface area contributed by atoms with Gasteiger partial charge in [-0.25, -0.2) is 0 Å². The van der Waals surface area contributed by atoms with Gasteiger partial charge in [0.2, 0.25) is 0 Å². The van der Waals surface area contributed by atoms with Gasteiger partial charge in [-0.1, -0.05) is 33.1 Å². The number of nitrogens with zero attached hydrogens (tertiary/aromatic N) is 2. The molecule has 1 heterocycles. The van der Waals surface area contributed by atoms with Crippen LogP contribution in [0.15, 0.2) is 18.6 Å². The van der Waals surface area contributed by atoms with Gasteiger partial charge in [0.05, 0.1) is 11.7 Å². The number of hydrogen-bond acceptors (Lipinski definition) is 3. The van der Waals surface area contributed by atoms with Gasteiger partial charge in [0.1, 0.15) is 0 Å². The summed E-state index contributed by atoms with van der Waals surface area (Å²) in [5.74, 6) is 0. The molecule has 0 aliphatic carbocycles. The van der Waals surface area contributed by atoms with Crippen molar-refractivity contribution >= 4 is 0 Å². The summed E-state index contributed by atoms with van der Waals surface area (Å²) in [5.41, 5.74) is 1.07. The van der Waals surface area contributed by atoms with Crippen molar-refractivity contribution in [1.82, 2.24) is 15.3 Å². The molecule has 0 saturated carbocycles. The smallest absolute Gasteiger partial charge is 0.0756 e. The van der Waals surface area contributed by atoms with Gasteiger partial charge < -0.3 is 5.32 Å². The van der Waals surface area contributed by atoms with Crippen LogP contribution in [0.1, 0.15) is 51.3 Å². The van der Waals surface area contributed by atoms with E-state index in [9.17, 15) is 0 Å². The second kappa shape index (κ2) is 7.35. The Morgan fingerprint density at radius 1 is 1.27 bits per heavy atom.